The number of aryl methyl sites for hydroxylation is 1. The first-order valence-corrected chi connectivity index (χ1v) is 6.79. The van der Waals surface area contributed by atoms with Gasteiger partial charge in [-0.25, -0.2) is 4.79 Å². The van der Waals surface area contributed by atoms with Gasteiger partial charge in [0.1, 0.15) is 11.3 Å². The van der Waals surface area contributed by atoms with E-state index < -0.39 is 5.54 Å². The molecule has 0 heterocycles. The van der Waals surface area contributed by atoms with Crippen molar-refractivity contribution in [3.05, 3.63) is 42.0 Å². The fraction of sp³-hybridized carbons (Fsp3) is 0.438. The van der Waals surface area contributed by atoms with Gasteiger partial charge in [-0.15, -0.1) is 6.58 Å². The first-order valence-electron chi connectivity index (χ1n) is 6.79. The molecule has 4 heteroatoms. The Bertz CT molecular complexity index is 512. The van der Waals surface area contributed by atoms with Crippen LogP contribution in [0, 0.1) is 0 Å². The summed E-state index contributed by atoms with van der Waals surface area (Å²) in [5.41, 5.74) is 1.32. The number of fused-ring (bicyclic) bond motifs is 1. The molecule has 1 aromatic rings. The van der Waals surface area contributed by atoms with Gasteiger partial charge in [0.25, 0.3) is 0 Å². The highest BCUT2D eigenvalue weighted by molar-refractivity contribution is 5.83. The van der Waals surface area contributed by atoms with Gasteiger partial charge in [0.15, 0.2) is 0 Å². The molecule has 0 saturated heterocycles. The predicted octanol–water partition coefficient (Wildman–Crippen LogP) is 2.18. The largest absolute Gasteiger partial charge is 0.497 e. The Morgan fingerprint density at radius 3 is 2.95 bits per heavy atom. The van der Waals surface area contributed by atoms with Gasteiger partial charge in [0.05, 0.1) is 14.2 Å². The molecular formula is C16H21NO3. The van der Waals surface area contributed by atoms with Crippen molar-refractivity contribution in [2.24, 2.45) is 0 Å². The van der Waals surface area contributed by atoms with E-state index in [1.165, 1.54) is 12.7 Å². The Balaban J connectivity index is 2.53. The number of hydrogen-bond acceptors (Lipinski definition) is 4. The van der Waals surface area contributed by atoms with Gasteiger partial charge in [-0.3, -0.25) is 5.32 Å². The van der Waals surface area contributed by atoms with Gasteiger partial charge >= 0.3 is 5.97 Å². The summed E-state index contributed by atoms with van der Waals surface area (Å²) in [6, 6.07) is 5.89. The van der Waals surface area contributed by atoms with Crippen LogP contribution in [-0.4, -0.2) is 26.7 Å². The van der Waals surface area contributed by atoms with Gasteiger partial charge in [-0.05, 0) is 42.5 Å². The van der Waals surface area contributed by atoms with Crippen molar-refractivity contribution in [2.45, 2.75) is 24.8 Å². The fourth-order valence-corrected chi connectivity index (χ4v) is 2.86. The van der Waals surface area contributed by atoms with Crippen LogP contribution in [0.3, 0.4) is 0 Å². The normalized spacial score (nSPS) is 20.9. The molecule has 0 aromatic heterocycles. The molecule has 1 aliphatic rings. The van der Waals surface area contributed by atoms with Gasteiger partial charge < -0.3 is 9.47 Å². The molecule has 1 N–H and O–H groups in total. The summed E-state index contributed by atoms with van der Waals surface area (Å²) >= 11 is 0. The summed E-state index contributed by atoms with van der Waals surface area (Å²) in [5, 5.41) is 3.29. The molecule has 0 spiro atoms. The Morgan fingerprint density at radius 1 is 1.50 bits per heavy atom. The van der Waals surface area contributed by atoms with Crippen LogP contribution in [-0.2, 0) is 21.5 Å². The quantitative estimate of drug-likeness (QED) is 0.661. The minimum Gasteiger partial charge on any atom is -0.497 e. The maximum Gasteiger partial charge on any atom is 0.330 e. The Labute approximate surface area is 119 Å². The van der Waals surface area contributed by atoms with Crippen molar-refractivity contribution in [2.75, 3.05) is 20.8 Å². The van der Waals surface area contributed by atoms with Gasteiger partial charge in [0, 0.05) is 6.54 Å². The van der Waals surface area contributed by atoms with Gasteiger partial charge in [-0.1, -0.05) is 12.1 Å². The van der Waals surface area contributed by atoms with E-state index in [0.29, 0.717) is 13.0 Å². The van der Waals surface area contributed by atoms with Crippen molar-refractivity contribution < 1.29 is 14.3 Å². The molecule has 1 atom stereocenters. The number of hydrogen-bond donors (Lipinski definition) is 1. The van der Waals surface area contributed by atoms with Crippen LogP contribution < -0.4 is 10.1 Å². The van der Waals surface area contributed by atoms with E-state index in [-0.39, 0.29) is 5.97 Å². The monoisotopic (exact) mass is 275 g/mol. The lowest BCUT2D eigenvalue weighted by Gasteiger charge is -2.37. The number of benzene rings is 1. The third kappa shape index (κ3) is 2.43. The number of carbonyl (C=O) groups is 1. The topological polar surface area (TPSA) is 47.6 Å². The predicted molar refractivity (Wildman–Crippen MR) is 77.8 cm³/mol. The van der Waals surface area contributed by atoms with E-state index >= 15 is 0 Å². The van der Waals surface area contributed by atoms with E-state index in [2.05, 4.69) is 11.9 Å². The van der Waals surface area contributed by atoms with E-state index in [1.54, 1.807) is 13.2 Å². The first kappa shape index (κ1) is 14.6. The average Bonchev–Trinajstić information content (AvgIpc) is 2.51. The molecule has 1 aromatic carbocycles. The number of ether oxygens (including phenoxy) is 2. The van der Waals surface area contributed by atoms with Crippen LogP contribution in [0.1, 0.15) is 24.0 Å². The zero-order valence-corrected chi connectivity index (χ0v) is 12.1. The van der Waals surface area contributed by atoms with E-state index in [1.807, 2.05) is 18.2 Å². The molecule has 4 nitrogen and oxygen atoms in total. The highest BCUT2D eigenvalue weighted by atomic mass is 16.5. The fourth-order valence-electron chi connectivity index (χ4n) is 2.86. The summed E-state index contributed by atoms with van der Waals surface area (Å²) in [4.78, 5) is 12.4. The molecule has 1 aliphatic carbocycles. The van der Waals surface area contributed by atoms with E-state index in [9.17, 15) is 4.79 Å². The minimum absolute atomic E-state index is 0.256. The maximum absolute atomic E-state index is 12.4. The van der Waals surface area contributed by atoms with Crippen LogP contribution in [0.15, 0.2) is 30.9 Å². The van der Waals surface area contributed by atoms with Crippen molar-refractivity contribution in [3.8, 4) is 5.75 Å². The minimum atomic E-state index is -0.801. The summed E-state index contributed by atoms with van der Waals surface area (Å²) < 4.78 is 10.3. The second-order valence-electron chi connectivity index (χ2n) is 4.94. The number of methoxy groups -OCH3 is 2. The molecule has 0 saturated carbocycles. The Hall–Kier alpha value is -1.81. The Morgan fingerprint density at radius 2 is 2.30 bits per heavy atom. The number of rotatable bonds is 5. The lowest BCUT2D eigenvalue weighted by Crippen LogP contribution is -2.52. The van der Waals surface area contributed by atoms with Crippen LogP contribution in [0.25, 0.3) is 0 Å². The van der Waals surface area contributed by atoms with E-state index in [0.717, 1.165) is 24.2 Å². The molecule has 108 valence electrons. The molecular weight excluding hydrogens is 254 g/mol. The molecule has 0 bridgehead atoms. The SMILES string of the molecule is C=CCNC1(C(=O)OC)CCCc2ccc(OC)cc21. The van der Waals surface area contributed by atoms with E-state index in [4.69, 9.17) is 9.47 Å². The zero-order valence-electron chi connectivity index (χ0n) is 12.1. The average molecular weight is 275 g/mol. The molecule has 0 fully saturated rings. The maximum atomic E-state index is 12.4. The highest BCUT2D eigenvalue weighted by Crippen LogP contribution is 2.38. The summed E-state index contributed by atoms with van der Waals surface area (Å²) in [7, 11) is 3.05. The number of nitrogens with one attached hydrogen (secondary N) is 1. The third-order valence-corrected chi connectivity index (χ3v) is 3.86. The van der Waals surface area contributed by atoms with Crippen LogP contribution in [0.2, 0.25) is 0 Å². The van der Waals surface area contributed by atoms with Crippen molar-refractivity contribution >= 4 is 5.97 Å². The number of carbonyl (C=O) groups excluding carboxylic acids is 1. The molecule has 0 radical (unpaired) electrons. The second-order valence-corrected chi connectivity index (χ2v) is 4.94. The molecule has 0 amide bonds. The van der Waals surface area contributed by atoms with Crippen LogP contribution >= 0.6 is 0 Å². The molecule has 1 unspecified atom stereocenters. The number of esters is 1. The molecule has 2 rings (SSSR count). The smallest absolute Gasteiger partial charge is 0.330 e. The van der Waals surface area contributed by atoms with Crippen molar-refractivity contribution in [1.82, 2.24) is 5.32 Å². The highest BCUT2D eigenvalue weighted by Gasteiger charge is 2.44. The summed E-state index contributed by atoms with van der Waals surface area (Å²) in [6.07, 6.45) is 4.37. The summed E-state index contributed by atoms with van der Waals surface area (Å²) in [5.74, 6) is 0.493. The van der Waals surface area contributed by atoms with Gasteiger partial charge in [-0.2, -0.15) is 0 Å². The standard InChI is InChI=1S/C16H21NO3/c1-4-10-17-16(15(18)20-3)9-5-6-12-7-8-13(19-2)11-14(12)16/h4,7-8,11,17H,1,5-6,9-10H2,2-3H3. The third-order valence-electron chi connectivity index (χ3n) is 3.86. The first-order chi connectivity index (χ1) is 9.67. The van der Waals surface area contributed by atoms with Gasteiger partial charge in [0.2, 0.25) is 0 Å². The van der Waals surface area contributed by atoms with Crippen LogP contribution in [0.4, 0.5) is 0 Å². The lowest BCUT2D eigenvalue weighted by atomic mass is 9.76. The summed E-state index contributed by atoms with van der Waals surface area (Å²) in [6.45, 7) is 4.26. The molecule has 0 aliphatic heterocycles. The lowest BCUT2D eigenvalue weighted by molar-refractivity contribution is -0.149. The van der Waals surface area contributed by atoms with Crippen LogP contribution in [0.5, 0.6) is 5.75 Å². The van der Waals surface area contributed by atoms with Crippen molar-refractivity contribution in [3.63, 3.8) is 0 Å². The molecule has 20 heavy (non-hydrogen) atoms. The van der Waals surface area contributed by atoms with Crippen molar-refractivity contribution in [1.29, 1.82) is 0 Å². The zero-order chi connectivity index (χ0) is 14.6. The Kier molecular flexibility index (Phi) is 4.45. The second kappa shape index (κ2) is 6.09.